The minimum atomic E-state index is -0.541. The Kier molecular flexibility index (Phi) is 6.49. The molecular formula is C17H27NO3. The lowest BCUT2D eigenvalue weighted by molar-refractivity contribution is 0.0784. The Morgan fingerprint density at radius 2 is 2.10 bits per heavy atom. The molecular weight excluding hydrogens is 266 g/mol. The second-order valence-electron chi connectivity index (χ2n) is 5.77. The number of hydrogen-bond donors (Lipinski definition) is 1. The van der Waals surface area contributed by atoms with Crippen LogP contribution in [0.3, 0.4) is 0 Å². The van der Waals surface area contributed by atoms with Gasteiger partial charge in [-0.2, -0.15) is 0 Å². The van der Waals surface area contributed by atoms with E-state index in [0.29, 0.717) is 13.2 Å². The standard InChI is InChI=1S/C17H27NO3/c1-3-21-17-7-5-4-6-15(17)16(19)12-18(2)10-11-20-13-14-8-9-14/h4-7,14,16,19H,3,8-13H2,1-2H3. The van der Waals surface area contributed by atoms with Gasteiger partial charge in [0.25, 0.3) is 0 Å². The fraction of sp³-hybridized carbons (Fsp3) is 0.647. The maximum absolute atomic E-state index is 10.4. The largest absolute Gasteiger partial charge is 0.493 e. The number of para-hydroxylation sites is 1. The van der Waals surface area contributed by atoms with Crippen molar-refractivity contribution in [2.75, 3.05) is 40.0 Å². The van der Waals surface area contributed by atoms with Gasteiger partial charge in [-0.05, 0) is 38.8 Å². The monoisotopic (exact) mass is 293 g/mol. The lowest BCUT2D eigenvalue weighted by atomic mass is 10.1. The van der Waals surface area contributed by atoms with E-state index in [0.717, 1.165) is 37.0 Å². The molecule has 1 saturated carbocycles. The van der Waals surface area contributed by atoms with E-state index in [1.165, 1.54) is 12.8 Å². The molecule has 0 radical (unpaired) electrons. The quantitative estimate of drug-likeness (QED) is 0.673. The topological polar surface area (TPSA) is 41.9 Å². The maximum atomic E-state index is 10.4. The Balaban J connectivity index is 1.75. The zero-order valence-corrected chi connectivity index (χ0v) is 13.1. The normalized spacial score (nSPS) is 16.2. The smallest absolute Gasteiger partial charge is 0.125 e. The molecule has 21 heavy (non-hydrogen) atoms. The molecule has 0 bridgehead atoms. The van der Waals surface area contributed by atoms with E-state index in [9.17, 15) is 5.11 Å². The van der Waals surface area contributed by atoms with E-state index in [1.807, 2.05) is 38.2 Å². The van der Waals surface area contributed by atoms with Crippen LogP contribution in [0.2, 0.25) is 0 Å². The fourth-order valence-corrected chi connectivity index (χ4v) is 2.28. The summed E-state index contributed by atoms with van der Waals surface area (Å²) >= 11 is 0. The Morgan fingerprint density at radius 3 is 2.81 bits per heavy atom. The highest BCUT2D eigenvalue weighted by Gasteiger charge is 2.21. The van der Waals surface area contributed by atoms with Crippen molar-refractivity contribution < 1.29 is 14.6 Å². The van der Waals surface area contributed by atoms with E-state index in [2.05, 4.69) is 4.90 Å². The molecule has 118 valence electrons. The molecule has 1 aromatic rings. The van der Waals surface area contributed by atoms with Gasteiger partial charge in [-0.1, -0.05) is 18.2 Å². The van der Waals surface area contributed by atoms with Gasteiger partial charge in [0, 0.05) is 25.3 Å². The summed E-state index contributed by atoms with van der Waals surface area (Å²) in [6.07, 6.45) is 2.10. The van der Waals surface area contributed by atoms with Crippen LogP contribution in [0.15, 0.2) is 24.3 Å². The molecule has 1 unspecified atom stereocenters. The molecule has 4 heteroatoms. The minimum absolute atomic E-state index is 0.541. The highest BCUT2D eigenvalue weighted by atomic mass is 16.5. The van der Waals surface area contributed by atoms with Gasteiger partial charge in [0.1, 0.15) is 5.75 Å². The average Bonchev–Trinajstić information content (AvgIpc) is 3.28. The predicted molar refractivity (Wildman–Crippen MR) is 83.6 cm³/mol. The zero-order valence-electron chi connectivity index (χ0n) is 13.1. The average molecular weight is 293 g/mol. The Hall–Kier alpha value is -1.10. The molecule has 0 aromatic heterocycles. The van der Waals surface area contributed by atoms with Crippen LogP contribution in [-0.2, 0) is 4.74 Å². The maximum Gasteiger partial charge on any atom is 0.125 e. The van der Waals surface area contributed by atoms with Gasteiger partial charge < -0.3 is 19.5 Å². The van der Waals surface area contributed by atoms with Crippen molar-refractivity contribution in [3.8, 4) is 5.75 Å². The summed E-state index contributed by atoms with van der Waals surface area (Å²) in [5.74, 6) is 1.57. The lowest BCUT2D eigenvalue weighted by Gasteiger charge is -2.22. The van der Waals surface area contributed by atoms with Crippen molar-refractivity contribution in [1.29, 1.82) is 0 Å². The van der Waals surface area contributed by atoms with Gasteiger partial charge in [0.15, 0.2) is 0 Å². The first-order valence-electron chi connectivity index (χ1n) is 7.86. The number of likely N-dealkylation sites (N-methyl/N-ethyl adjacent to an activating group) is 1. The van der Waals surface area contributed by atoms with Gasteiger partial charge in [-0.3, -0.25) is 0 Å². The van der Waals surface area contributed by atoms with Gasteiger partial charge in [-0.25, -0.2) is 0 Å². The summed E-state index contributed by atoms with van der Waals surface area (Å²) < 4.78 is 11.2. The summed E-state index contributed by atoms with van der Waals surface area (Å²) in [6.45, 7) is 5.59. The number of ether oxygens (including phenoxy) is 2. The Labute approximate surface area is 127 Å². The minimum Gasteiger partial charge on any atom is -0.493 e. The Morgan fingerprint density at radius 1 is 1.33 bits per heavy atom. The second kappa shape index (κ2) is 8.37. The first-order valence-corrected chi connectivity index (χ1v) is 7.86. The highest BCUT2D eigenvalue weighted by Crippen LogP contribution is 2.28. The zero-order chi connectivity index (χ0) is 15.1. The summed E-state index contributed by atoms with van der Waals surface area (Å²) in [5.41, 5.74) is 0.852. The van der Waals surface area contributed by atoms with Crippen LogP contribution in [0.4, 0.5) is 0 Å². The molecule has 1 atom stereocenters. The first kappa shape index (κ1) is 16.3. The van der Waals surface area contributed by atoms with Crippen molar-refractivity contribution >= 4 is 0 Å². The fourth-order valence-electron chi connectivity index (χ4n) is 2.28. The van der Waals surface area contributed by atoms with Crippen molar-refractivity contribution in [3.05, 3.63) is 29.8 Å². The molecule has 0 saturated heterocycles. The van der Waals surface area contributed by atoms with Gasteiger partial charge in [0.2, 0.25) is 0 Å². The van der Waals surface area contributed by atoms with Crippen molar-refractivity contribution in [1.82, 2.24) is 4.90 Å². The number of benzene rings is 1. The van der Waals surface area contributed by atoms with Crippen molar-refractivity contribution in [2.24, 2.45) is 5.92 Å². The van der Waals surface area contributed by atoms with E-state index < -0.39 is 6.10 Å². The van der Waals surface area contributed by atoms with E-state index in [-0.39, 0.29) is 0 Å². The summed E-state index contributed by atoms with van der Waals surface area (Å²) in [7, 11) is 2.01. The lowest BCUT2D eigenvalue weighted by Crippen LogP contribution is -2.28. The van der Waals surface area contributed by atoms with E-state index in [1.54, 1.807) is 0 Å². The third-order valence-electron chi connectivity index (χ3n) is 3.73. The molecule has 1 N–H and O–H groups in total. The summed E-state index contributed by atoms with van der Waals surface area (Å²) in [5, 5.41) is 10.4. The first-order chi connectivity index (χ1) is 10.2. The van der Waals surface area contributed by atoms with E-state index in [4.69, 9.17) is 9.47 Å². The molecule has 1 aliphatic carbocycles. The van der Waals surface area contributed by atoms with Crippen LogP contribution in [0.25, 0.3) is 0 Å². The summed E-state index contributed by atoms with van der Waals surface area (Å²) in [4.78, 5) is 2.10. The highest BCUT2D eigenvalue weighted by molar-refractivity contribution is 5.35. The number of hydrogen-bond acceptors (Lipinski definition) is 4. The number of aliphatic hydroxyl groups is 1. The molecule has 1 aromatic carbocycles. The molecule has 0 aliphatic heterocycles. The third kappa shape index (κ3) is 5.65. The van der Waals surface area contributed by atoms with E-state index >= 15 is 0 Å². The second-order valence-corrected chi connectivity index (χ2v) is 5.77. The molecule has 0 heterocycles. The van der Waals surface area contributed by atoms with Crippen molar-refractivity contribution in [3.63, 3.8) is 0 Å². The van der Waals surface area contributed by atoms with Crippen LogP contribution in [0.1, 0.15) is 31.4 Å². The van der Waals surface area contributed by atoms with Gasteiger partial charge >= 0.3 is 0 Å². The molecule has 2 rings (SSSR count). The molecule has 1 fully saturated rings. The van der Waals surface area contributed by atoms with Crippen molar-refractivity contribution in [2.45, 2.75) is 25.9 Å². The molecule has 1 aliphatic rings. The van der Waals surface area contributed by atoms with Crippen LogP contribution in [-0.4, -0.2) is 50.0 Å². The van der Waals surface area contributed by atoms with Gasteiger partial charge in [-0.15, -0.1) is 0 Å². The molecule has 0 spiro atoms. The Bertz CT molecular complexity index is 420. The third-order valence-corrected chi connectivity index (χ3v) is 3.73. The number of aliphatic hydroxyl groups excluding tert-OH is 1. The number of rotatable bonds is 10. The van der Waals surface area contributed by atoms with Gasteiger partial charge in [0.05, 0.1) is 19.3 Å². The molecule has 4 nitrogen and oxygen atoms in total. The molecule has 0 amide bonds. The predicted octanol–water partition coefficient (Wildman–Crippen LogP) is 2.48. The van der Waals surface area contributed by atoms with Crippen LogP contribution in [0, 0.1) is 5.92 Å². The van der Waals surface area contributed by atoms with Crippen LogP contribution < -0.4 is 4.74 Å². The van der Waals surface area contributed by atoms with Crippen LogP contribution in [0.5, 0.6) is 5.75 Å². The number of nitrogens with zero attached hydrogens (tertiary/aromatic N) is 1. The SMILES string of the molecule is CCOc1ccccc1C(O)CN(C)CCOCC1CC1. The van der Waals surface area contributed by atoms with Crippen LogP contribution >= 0.6 is 0 Å². The summed E-state index contributed by atoms with van der Waals surface area (Å²) in [6, 6.07) is 7.68.